The summed E-state index contributed by atoms with van der Waals surface area (Å²) in [6.45, 7) is 2.76. The van der Waals surface area contributed by atoms with Crippen LogP contribution in [0.5, 0.6) is 5.75 Å². The van der Waals surface area contributed by atoms with Gasteiger partial charge in [0.05, 0.1) is 11.6 Å². The van der Waals surface area contributed by atoms with E-state index in [1.807, 2.05) is 0 Å². The summed E-state index contributed by atoms with van der Waals surface area (Å²) in [6.07, 6.45) is 3.96. The number of amides is 2. The predicted molar refractivity (Wildman–Crippen MR) is 136 cm³/mol. The van der Waals surface area contributed by atoms with E-state index < -0.39 is 28.9 Å². The van der Waals surface area contributed by atoms with Crippen molar-refractivity contribution in [3.8, 4) is 5.75 Å². The van der Waals surface area contributed by atoms with Gasteiger partial charge in [0.15, 0.2) is 5.75 Å². The molecule has 1 aromatic carbocycles. The Morgan fingerprint density at radius 1 is 1.16 bits per heavy atom. The third-order valence-electron chi connectivity index (χ3n) is 6.47. The highest BCUT2D eigenvalue weighted by molar-refractivity contribution is 6.01. The Morgan fingerprint density at radius 2 is 1.92 bits per heavy atom. The molecule has 1 fully saturated rings. The topological polar surface area (TPSA) is 125 Å². The number of rotatable bonds is 9. The van der Waals surface area contributed by atoms with Gasteiger partial charge in [-0.3, -0.25) is 19.4 Å². The van der Waals surface area contributed by atoms with E-state index in [1.54, 1.807) is 29.3 Å². The number of likely N-dealkylation sites (tertiary alicyclic amines) is 1. The van der Waals surface area contributed by atoms with E-state index >= 15 is 0 Å². The molecule has 37 heavy (non-hydrogen) atoms. The first-order chi connectivity index (χ1) is 17.7. The minimum Gasteiger partial charge on any atom is -0.505 e. The molecule has 0 bridgehead atoms. The van der Waals surface area contributed by atoms with Gasteiger partial charge in [-0.1, -0.05) is 12.1 Å². The summed E-state index contributed by atoms with van der Waals surface area (Å²) in [5.41, 5.74) is 0.917. The SMILES string of the molecule is C[C@@H](O)CNC(=O)c1c(O)c2ncc(Cc3ccc(F)cc3)cc2n(CCCN2CCCCC2=O)c1=O. The van der Waals surface area contributed by atoms with Crippen LogP contribution in [-0.4, -0.2) is 62.2 Å². The molecule has 3 aromatic rings. The molecule has 0 saturated carbocycles. The quantitative estimate of drug-likeness (QED) is 0.406. The molecule has 3 N–H and O–H groups in total. The molecule has 0 radical (unpaired) electrons. The summed E-state index contributed by atoms with van der Waals surface area (Å²) in [7, 11) is 0. The van der Waals surface area contributed by atoms with Gasteiger partial charge in [-0.25, -0.2) is 4.39 Å². The number of aliphatic hydroxyl groups excluding tert-OH is 1. The van der Waals surface area contributed by atoms with Gasteiger partial charge in [0.25, 0.3) is 11.5 Å². The maximum absolute atomic E-state index is 13.5. The molecule has 9 nitrogen and oxygen atoms in total. The largest absolute Gasteiger partial charge is 0.505 e. The van der Waals surface area contributed by atoms with Gasteiger partial charge in [-0.2, -0.15) is 0 Å². The van der Waals surface area contributed by atoms with Gasteiger partial charge in [0.2, 0.25) is 5.91 Å². The van der Waals surface area contributed by atoms with Gasteiger partial charge in [-0.15, -0.1) is 0 Å². The molecule has 0 unspecified atom stereocenters. The fourth-order valence-electron chi connectivity index (χ4n) is 4.56. The van der Waals surface area contributed by atoms with Crippen LogP contribution in [0.25, 0.3) is 11.0 Å². The number of piperidine rings is 1. The Morgan fingerprint density at radius 3 is 2.62 bits per heavy atom. The first-order valence-corrected chi connectivity index (χ1v) is 12.5. The van der Waals surface area contributed by atoms with Crippen molar-refractivity contribution >= 4 is 22.8 Å². The van der Waals surface area contributed by atoms with Crippen LogP contribution in [0.2, 0.25) is 0 Å². The van der Waals surface area contributed by atoms with Crippen LogP contribution in [0, 0.1) is 5.82 Å². The van der Waals surface area contributed by atoms with Gasteiger partial charge >= 0.3 is 0 Å². The lowest BCUT2D eigenvalue weighted by atomic mass is 10.0. The van der Waals surface area contributed by atoms with E-state index in [-0.39, 0.29) is 30.3 Å². The van der Waals surface area contributed by atoms with Crippen molar-refractivity contribution < 1.29 is 24.2 Å². The second kappa shape index (κ2) is 11.5. The average molecular weight is 511 g/mol. The van der Waals surface area contributed by atoms with Gasteiger partial charge in [0.1, 0.15) is 16.9 Å². The second-order valence-corrected chi connectivity index (χ2v) is 9.45. The Labute approximate surface area is 213 Å². The number of aromatic hydroxyl groups is 1. The van der Waals surface area contributed by atoms with E-state index in [2.05, 4.69) is 10.3 Å². The first-order valence-electron chi connectivity index (χ1n) is 12.5. The fourth-order valence-corrected chi connectivity index (χ4v) is 4.56. The molecule has 4 rings (SSSR count). The van der Waals surface area contributed by atoms with Crippen LogP contribution < -0.4 is 10.9 Å². The van der Waals surface area contributed by atoms with Crippen molar-refractivity contribution in [3.05, 3.63) is 69.4 Å². The summed E-state index contributed by atoms with van der Waals surface area (Å²) >= 11 is 0. The number of hydrogen-bond donors (Lipinski definition) is 3. The van der Waals surface area contributed by atoms with Crippen LogP contribution in [0.15, 0.2) is 41.3 Å². The lowest BCUT2D eigenvalue weighted by Gasteiger charge is -2.27. The third kappa shape index (κ3) is 6.14. The van der Waals surface area contributed by atoms with E-state index in [0.29, 0.717) is 37.9 Å². The van der Waals surface area contributed by atoms with E-state index in [9.17, 15) is 29.0 Å². The highest BCUT2D eigenvalue weighted by Gasteiger charge is 2.24. The van der Waals surface area contributed by atoms with Crippen molar-refractivity contribution in [2.24, 2.45) is 0 Å². The first kappa shape index (κ1) is 26.3. The van der Waals surface area contributed by atoms with Crippen LogP contribution in [0.3, 0.4) is 0 Å². The number of nitrogens with one attached hydrogen (secondary N) is 1. The monoisotopic (exact) mass is 510 g/mol. The number of hydrogen-bond acceptors (Lipinski definition) is 6. The molecular formula is C27H31FN4O5. The Bertz CT molecular complexity index is 1350. The van der Waals surface area contributed by atoms with E-state index in [1.165, 1.54) is 23.6 Å². The van der Waals surface area contributed by atoms with Gasteiger partial charge < -0.3 is 25.0 Å². The molecule has 2 aromatic heterocycles. The number of benzene rings is 1. The average Bonchev–Trinajstić information content (AvgIpc) is 2.87. The molecule has 1 aliphatic rings. The number of carbonyl (C=O) groups excluding carboxylic acids is 2. The summed E-state index contributed by atoms with van der Waals surface area (Å²) in [5.74, 6) is -1.58. The molecule has 196 valence electrons. The molecule has 1 aliphatic heterocycles. The summed E-state index contributed by atoms with van der Waals surface area (Å²) in [6, 6.07) is 7.79. The number of aromatic nitrogens is 2. The number of halogens is 1. The van der Waals surface area contributed by atoms with Crippen LogP contribution in [-0.2, 0) is 17.8 Å². The second-order valence-electron chi connectivity index (χ2n) is 9.45. The maximum atomic E-state index is 13.5. The highest BCUT2D eigenvalue weighted by atomic mass is 19.1. The zero-order valence-electron chi connectivity index (χ0n) is 20.7. The van der Waals surface area contributed by atoms with Crippen molar-refractivity contribution in [1.82, 2.24) is 19.8 Å². The zero-order valence-corrected chi connectivity index (χ0v) is 20.7. The number of aliphatic hydroxyl groups is 1. The smallest absolute Gasteiger partial charge is 0.267 e. The Balaban J connectivity index is 1.70. The van der Waals surface area contributed by atoms with E-state index in [0.717, 1.165) is 24.0 Å². The third-order valence-corrected chi connectivity index (χ3v) is 6.47. The Hall–Kier alpha value is -3.79. The van der Waals surface area contributed by atoms with Crippen LogP contribution in [0.4, 0.5) is 4.39 Å². The van der Waals surface area contributed by atoms with E-state index in [4.69, 9.17) is 0 Å². The molecule has 2 amide bonds. The normalized spacial score (nSPS) is 14.7. The fraction of sp³-hybridized carbons (Fsp3) is 0.407. The predicted octanol–water partition coefficient (Wildman–Crippen LogP) is 2.35. The summed E-state index contributed by atoms with van der Waals surface area (Å²) < 4.78 is 14.7. The van der Waals surface area contributed by atoms with Crippen molar-refractivity contribution in [3.63, 3.8) is 0 Å². The van der Waals surface area contributed by atoms with Crippen molar-refractivity contribution in [1.29, 1.82) is 0 Å². The van der Waals surface area contributed by atoms with Gasteiger partial charge in [0, 0.05) is 38.8 Å². The molecule has 3 heterocycles. The summed E-state index contributed by atoms with van der Waals surface area (Å²) in [4.78, 5) is 44.6. The van der Waals surface area contributed by atoms with Crippen LogP contribution >= 0.6 is 0 Å². The maximum Gasteiger partial charge on any atom is 0.267 e. The lowest BCUT2D eigenvalue weighted by Crippen LogP contribution is -2.38. The number of carbonyl (C=O) groups is 2. The zero-order chi connectivity index (χ0) is 26.5. The molecule has 1 saturated heterocycles. The molecular weight excluding hydrogens is 479 g/mol. The number of aryl methyl sites for hydroxylation is 1. The number of nitrogens with zero attached hydrogens (tertiary/aromatic N) is 3. The molecule has 1 atom stereocenters. The minimum absolute atomic E-state index is 0.0865. The molecule has 0 aliphatic carbocycles. The molecule has 0 spiro atoms. The standard InChI is InChI=1S/C27H31FN4O5/c1-17(33)15-30-26(36)23-25(35)24-21(14-19(16-29-24)13-18-6-8-20(28)9-7-18)32(27(23)37)12-4-11-31-10-3-2-5-22(31)34/h6-9,14,16-17,33,35H,2-5,10-13,15H2,1H3,(H,30,36)/t17-/m1/s1. The van der Waals surface area contributed by atoms with Gasteiger partial charge in [-0.05, 0) is 61.9 Å². The summed E-state index contributed by atoms with van der Waals surface area (Å²) in [5, 5.41) is 22.8. The lowest BCUT2D eigenvalue weighted by molar-refractivity contribution is -0.133. The van der Waals surface area contributed by atoms with Crippen molar-refractivity contribution in [2.45, 2.75) is 51.7 Å². The minimum atomic E-state index is -0.831. The number of pyridine rings is 2. The molecule has 10 heteroatoms. The van der Waals surface area contributed by atoms with Crippen LogP contribution in [0.1, 0.15) is 54.1 Å². The van der Waals surface area contributed by atoms with Crippen molar-refractivity contribution in [2.75, 3.05) is 19.6 Å². The number of fused-ring (bicyclic) bond motifs is 1. The highest BCUT2D eigenvalue weighted by Crippen LogP contribution is 2.26. The Kier molecular flexibility index (Phi) is 8.17.